The van der Waals surface area contributed by atoms with E-state index in [0.29, 0.717) is 6.61 Å². The molecule has 0 aliphatic carbocycles. The summed E-state index contributed by atoms with van der Waals surface area (Å²) >= 11 is 0. The van der Waals surface area contributed by atoms with Crippen molar-refractivity contribution in [1.29, 1.82) is 5.26 Å². The summed E-state index contributed by atoms with van der Waals surface area (Å²) in [6, 6.07) is 1.98. The van der Waals surface area contributed by atoms with Crippen molar-refractivity contribution in [2.24, 2.45) is 5.92 Å². The zero-order valence-electron chi connectivity index (χ0n) is 9.23. The SMILES string of the molecule is COCCNS(=O)(=O)N(C)CC(C)C#N. The van der Waals surface area contributed by atoms with Crippen molar-refractivity contribution >= 4 is 10.2 Å². The van der Waals surface area contributed by atoms with E-state index in [0.717, 1.165) is 4.31 Å². The Morgan fingerprint density at radius 2 is 2.20 bits per heavy atom. The summed E-state index contributed by atoms with van der Waals surface area (Å²) in [5.74, 6) is -0.325. The molecule has 0 radical (unpaired) electrons. The molecule has 1 unspecified atom stereocenters. The lowest BCUT2D eigenvalue weighted by Gasteiger charge is -2.18. The van der Waals surface area contributed by atoms with Crippen LogP contribution in [-0.4, -0.2) is 46.6 Å². The number of methoxy groups -OCH3 is 1. The maximum Gasteiger partial charge on any atom is 0.279 e. The van der Waals surface area contributed by atoms with E-state index in [9.17, 15) is 8.42 Å². The molecule has 0 saturated heterocycles. The second kappa shape index (κ2) is 6.74. The Hall–Kier alpha value is -0.680. The Morgan fingerprint density at radius 3 is 2.67 bits per heavy atom. The van der Waals surface area contributed by atoms with E-state index in [2.05, 4.69) is 4.72 Å². The molecule has 0 rings (SSSR count). The predicted octanol–water partition coefficient (Wildman–Crippen LogP) is -0.441. The molecule has 0 aromatic heterocycles. The Bertz CT molecular complexity index is 310. The van der Waals surface area contributed by atoms with Crippen molar-refractivity contribution in [3.63, 3.8) is 0 Å². The van der Waals surface area contributed by atoms with E-state index in [4.69, 9.17) is 10.00 Å². The molecule has 0 aromatic carbocycles. The van der Waals surface area contributed by atoms with Gasteiger partial charge < -0.3 is 4.74 Å². The monoisotopic (exact) mass is 235 g/mol. The quantitative estimate of drug-likeness (QED) is 0.606. The van der Waals surface area contributed by atoms with Crippen LogP contribution in [0.1, 0.15) is 6.92 Å². The molecule has 6 nitrogen and oxygen atoms in total. The average Bonchev–Trinajstić information content (AvgIpc) is 2.17. The highest BCUT2D eigenvalue weighted by molar-refractivity contribution is 7.87. The minimum absolute atomic E-state index is 0.179. The largest absolute Gasteiger partial charge is 0.383 e. The lowest BCUT2D eigenvalue weighted by Crippen LogP contribution is -2.41. The first kappa shape index (κ1) is 14.3. The highest BCUT2D eigenvalue weighted by Crippen LogP contribution is 2.00. The van der Waals surface area contributed by atoms with Gasteiger partial charge in [-0.05, 0) is 6.92 Å². The molecule has 0 spiro atoms. The molecular weight excluding hydrogens is 218 g/mol. The van der Waals surface area contributed by atoms with Gasteiger partial charge in [0.1, 0.15) is 0 Å². The van der Waals surface area contributed by atoms with Gasteiger partial charge in [0.25, 0.3) is 10.2 Å². The molecule has 0 aliphatic rings. The number of ether oxygens (including phenoxy) is 1. The van der Waals surface area contributed by atoms with E-state index >= 15 is 0 Å². The number of nitrogens with one attached hydrogen (secondary N) is 1. The minimum Gasteiger partial charge on any atom is -0.383 e. The maximum atomic E-state index is 11.5. The van der Waals surface area contributed by atoms with E-state index in [1.165, 1.54) is 14.2 Å². The second-order valence-corrected chi connectivity index (χ2v) is 5.06. The van der Waals surface area contributed by atoms with Gasteiger partial charge in [-0.2, -0.15) is 22.7 Å². The van der Waals surface area contributed by atoms with E-state index < -0.39 is 10.2 Å². The second-order valence-electron chi connectivity index (χ2n) is 3.20. The van der Waals surface area contributed by atoms with Gasteiger partial charge in [0.05, 0.1) is 18.6 Å². The topological polar surface area (TPSA) is 82.4 Å². The molecule has 15 heavy (non-hydrogen) atoms. The van der Waals surface area contributed by atoms with Gasteiger partial charge >= 0.3 is 0 Å². The van der Waals surface area contributed by atoms with Crippen LogP contribution in [0.25, 0.3) is 0 Å². The van der Waals surface area contributed by atoms with Crippen molar-refractivity contribution in [2.45, 2.75) is 6.92 Å². The maximum absolute atomic E-state index is 11.5. The lowest BCUT2D eigenvalue weighted by atomic mass is 10.2. The molecular formula is C8H17N3O3S. The van der Waals surface area contributed by atoms with Crippen LogP contribution in [-0.2, 0) is 14.9 Å². The predicted molar refractivity (Wildman–Crippen MR) is 56.2 cm³/mol. The van der Waals surface area contributed by atoms with Gasteiger partial charge in [-0.25, -0.2) is 0 Å². The van der Waals surface area contributed by atoms with Crippen LogP contribution in [0.5, 0.6) is 0 Å². The molecule has 0 amide bonds. The Kier molecular flexibility index (Phi) is 6.43. The standard InChI is InChI=1S/C8H17N3O3S/c1-8(6-9)7-11(2)15(12,13)10-4-5-14-3/h8,10H,4-5,7H2,1-3H3. The molecule has 7 heteroatoms. The van der Waals surface area contributed by atoms with Gasteiger partial charge in [-0.1, -0.05) is 0 Å². The number of hydrogen-bond donors (Lipinski definition) is 1. The van der Waals surface area contributed by atoms with E-state index in [1.807, 2.05) is 6.07 Å². The van der Waals surface area contributed by atoms with Gasteiger partial charge in [0.2, 0.25) is 0 Å². The van der Waals surface area contributed by atoms with Crippen LogP contribution in [0.3, 0.4) is 0 Å². The number of rotatable bonds is 7. The summed E-state index contributed by atoms with van der Waals surface area (Å²) in [7, 11) is -0.556. The number of hydrogen-bond acceptors (Lipinski definition) is 4. The molecule has 0 bridgehead atoms. The molecule has 0 heterocycles. The summed E-state index contributed by atoms with van der Waals surface area (Å²) in [5, 5.41) is 8.55. The van der Waals surface area contributed by atoms with Crippen LogP contribution in [0.15, 0.2) is 0 Å². The number of nitrogens with zero attached hydrogens (tertiary/aromatic N) is 2. The van der Waals surface area contributed by atoms with Gasteiger partial charge in [0.15, 0.2) is 0 Å². The van der Waals surface area contributed by atoms with Crippen molar-refractivity contribution in [2.75, 3.05) is 33.9 Å². The van der Waals surface area contributed by atoms with Gasteiger partial charge in [0, 0.05) is 27.2 Å². The number of nitriles is 1. The average molecular weight is 235 g/mol. The smallest absolute Gasteiger partial charge is 0.279 e. The Labute approximate surface area is 91.0 Å². The van der Waals surface area contributed by atoms with Crippen LogP contribution >= 0.6 is 0 Å². The summed E-state index contributed by atoms with van der Waals surface area (Å²) < 4.78 is 31.2. The zero-order chi connectivity index (χ0) is 11.9. The minimum atomic E-state index is -3.49. The molecule has 1 atom stereocenters. The third kappa shape index (κ3) is 5.69. The Balaban J connectivity index is 4.16. The molecule has 0 aliphatic heterocycles. The summed E-state index contributed by atoms with van der Waals surface area (Å²) in [6.07, 6.45) is 0. The van der Waals surface area contributed by atoms with Crippen LogP contribution in [0, 0.1) is 17.2 Å². The Morgan fingerprint density at radius 1 is 1.60 bits per heavy atom. The van der Waals surface area contributed by atoms with Gasteiger partial charge in [-0.15, -0.1) is 0 Å². The fourth-order valence-electron chi connectivity index (χ4n) is 0.908. The first-order valence-corrected chi connectivity index (χ1v) is 5.97. The van der Waals surface area contributed by atoms with Crippen molar-refractivity contribution in [3.8, 4) is 6.07 Å². The molecule has 0 fully saturated rings. The highest BCUT2D eigenvalue weighted by atomic mass is 32.2. The van der Waals surface area contributed by atoms with Gasteiger partial charge in [-0.3, -0.25) is 0 Å². The highest BCUT2D eigenvalue weighted by Gasteiger charge is 2.18. The van der Waals surface area contributed by atoms with E-state index in [-0.39, 0.29) is 19.0 Å². The first-order valence-electron chi connectivity index (χ1n) is 4.53. The molecule has 0 saturated carbocycles. The van der Waals surface area contributed by atoms with E-state index in [1.54, 1.807) is 6.92 Å². The third-order valence-corrected chi connectivity index (χ3v) is 3.29. The molecule has 1 N–H and O–H groups in total. The summed E-state index contributed by atoms with van der Waals surface area (Å²) in [4.78, 5) is 0. The van der Waals surface area contributed by atoms with Crippen molar-refractivity contribution < 1.29 is 13.2 Å². The summed E-state index contributed by atoms with van der Waals surface area (Å²) in [5.41, 5.74) is 0. The molecule has 0 aromatic rings. The first-order chi connectivity index (χ1) is 6.94. The van der Waals surface area contributed by atoms with Crippen LogP contribution in [0.4, 0.5) is 0 Å². The lowest BCUT2D eigenvalue weighted by molar-refractivity contribution is 0.204. The fraction of sp³-hybridized carbons (Fsp3) is 0.875. The van der Waals surface area contributed by atoms with Crippen molar-refractivity contribution in [1.82, 2.24) is 9.03 Å². The third-order valence-electron chi connectivity index (χ3n) is 1.75. The fourth-order valence-corrected chi connectivity index (χ4v) is 1.89. The van der Waals surface area contributed by atoms with Crippen LogP contribution in [0.2, 0.25) is 0 Å². The zero-order valence-corrected chi connectivity index (χ0v) is 10.0. The van der Waals surface area contributed by atoms with Crippen LogP contribution < -0.4 is 4.72 Å². The van der Waals surface area contributed by atoms with Crippen molar-refractivity contribution in [3.05, 3.63) is 0 Å². The normalized spacial score (nSPS) is 13.8. The summed E-state index contributed by atoms with van der Waals surface area (Å²) in [6.45, 7) is 2.39. The molecule has 88 valence electrons.